The molecule has 112 valence electrons. The molecule has 4 unspecified atom stereocenters. The highest BCUT2D eigenvalue weighted by molar-refractivity contribution is 4.92. The van der Waals surface area contributed by atoms with Crippen LogP contribution in [0.15, 0.2) is 0 Å². The summed E-state index contributed by atoms with van der Waals surface area (Å²) in [5.41, 5.74) is 0. The van der Waals surface area contributed by atoms with Crippen LogP contribution in [0, 0.1) is 5.92 Å². The highest BCUT2D eigenvalue weighted by Crippen LogP contribution is 2.32. The molecule has 0 bridgehead atoms. The first-order chi connectivity index (χ1) is 9.28. The molecule has 4 atom stereocenters. The molecular weight excluding hydrogens is 236 g/mol. The van der Waals surface area contributed by atoms with Gasteiger partial charge in [-0.3, -0.25) is 4.90 Å². The summed E-state index contributed by atoms with van der Waals surface area (Å²) in [6.45, 7) is 7.74. The fraction of sp³-hybridized carbons (Fsp3) is 1.00. The molecule has 2 aliphatic rings. The number of hydrogen-bond donors (Lipinski definition) is 1. The first-order valence-electron chi connectivity index (χ1n) is 8.31. The maximum atomic E-state index is 5.83. The molecule has 1 N–H and O–H groups in total. The molecular formula is C16H32N2O. The Morgan fingerprint density at radius 3 is 2.79 bits per heavy atom. The number of nitrogens with zero attached hydrogens (tertiary/aromatic N) is 1. The van der Waals surface area contributed by atoms with Crippen molar-refractivity contribution in [3.05, 3.63) is 0 Å². The van der Waals surface area contributed by atoms with Crippen molar-refractivity contribution in [1.29, 1.82) is 0 Å². The fourth-order valence-electron chi connectivity index (χ4n) is 3.93. The normalized spacial score (nSPS) is 37.4. The van der Waals surface area contributed by atoms with Crippen LogP contribution in [0.3, 0.4) is 0 Å². The van der Waals surface area contributed by atoms with Crippen LogP contribution in [0.25, 0.3) is 0 Å². The lowest BCUT2D eigenvalue weighted by Gasteiger charge is -2.45. The quantitative estimate of drug-likeness (QED) is 0.829. The predicted octanol–water partition coefficient (Wildman–Crippen LogP) is 2.65. The lowest BCUT2D eigenvalue weighted by atomic mass is 9.79. The Morgan fingerprint density at radius 1 is 1.26 bits per heavy atom. The van der Waals surface area contributed by atoms with Gasteiger partial charge in [0.15, 0.2) is 0 Å². The van der Waals surface area contributed by atoms with Gasteiger partial charge in [-0.2, -0.15) is 0 Å². The van der Waals surface area contributed by atoms with Gasteiger partial charge in [0.2, 0.25) is 0 Å². The number of morpholine rings is 1. The maximum absolute atomic E-state index is 5.83. The number of likely N-dealkylation sites (N-methyl/N-ethyl adjacent to an activating group) is 1. The molecule has 0 spiro atoms. The van der Waals surface area contributed by atoms with Gasteiger partial charge in [0.1, 0.15) is 0 Å². The van der Waals surface area contributed by atoms with Gasteiger partial charge in [-0.05, 0) is 38.6 Å². The van der Waals surface area contributed by atoms with Crippen molar-refractivity contribution in [3.8, 4) is 0 Å². The van der Waals surface area contributed by atoms with Crippen LogP contribution in [0.1, 0.15) is 52.4 Å². The van der Waals surface area contributed by atoms with E-state index >= 15 is 0 Å². The molecule has 3 nitrogen and oxygen atoms in total. The van der Waals surface area contributed by atoms with Crippen LogP contribution < -0.4 is 5.32 Å². The summed E-state index contributed by atoms with van der Waals surface area (Å²) in [5, 5.41) is 3.56. The van der Waals surface area contributed by atoms with Crippen LogP contribution >= 0.6 is 0 Å². The summed E-state index contributed by atoms with van der Waals surface area (Å²) < 4.78 is 5.83. The van der Waals surface area contributed by atoms with Gasteiger partial charge in [-0.1, -0.05) is 26.7 Å². The number of nitrogens with one attached hydrogen (secondary N) is 1. The van der Waals surface area contributed by atoms with Crippen LogP contribution in [0.2, 0.25) is 0 Å². The molecule has 0 amide bonds. The van der Waals surface area contributed by atoms with Crippen molar-refractivity contribution in [2.24, 2.45) is 5.92 Å². The molecule has 1 heterocycles. The summed E-state index contributed by atoms with van der Waals surface area (Å²) in [6.07, 6.45) is 8.49. The first-order valence-corrected chi connectivity index (χ1v) is 8.31. The highest BCUT2D eigenvalue weighted by atomic mass is 16.5. The second kappa shape index (κ2) is 7.61. The van der Waals surface area contributed by atoms with E-state index in [0.717, 1.165) is 38.1 Å². The van der Waals surface area contributed by atoms with Gasteiger partial charge < -0.3 is 10.1 Å². The van der Waals surface area contributed by atoms with Gasteiger partial charge in [-0.15, -0.1) is 0 Å². The van der Waals surface area contributed by atoms with Gasteiger partial charge in [-0.25, -0.2) is 0 Å². The second-order valence-corrected chi connectivity index (χ2v) is 6.33. The van der Waals surface area contributed by atoms with E-state index < -0.39 is 0 Å². The van der Waals surface area contributed by atoms with Crippen molar-refractivity contribution in [2.75, 3.05) is 26.7 Å². The lowest BCUT2D eigenvalue weighted by Crippen LogP contribution is -2.57. The summed E-state index contributed by atoms with van der Waals surface area (Å²) in [4.78, 5) is 2.71. The number of rotatable bonds is 5. The highest BCUT2D eigenvalue weighted by Gasteiger charge is 2.35. The third-order valence-electron chi connectivity index (χ3n) is 5.09. The van der Waals surface area contributed by atoms with E-state index in [4.69, 9.17) is 4.74 Å². The fourth-order valence-corrected chi connectivity index (χ4v) is 3.93. The summed E-state index contributed by atoms with van der Waals surface area (Å²) in [6, 6.07) is 1.41. The van der Waals surface area contributed by atoms with E-state index in [1.807, 2.05) is 0 Å². The van der Waals surface area contributed by atoms with Crippen LogP contribution in [0.5, 0.6) is 0 Å². The average molecular weight is 268 g/mol. The first kappa shape index (κ1) is 15.3. The minimum absolute atomic E-state index is 0.456. The van der Waals surface area contributed by atoms with Crippen molar-refractivity contribution >= 4 is 0 Å². The van der Waals surface area contributed by atoms with Gasteiger partial charge in [0, 0.05) is 25.2 Å². The Kier molecular flexibility index (Phi) is 6.11. The minimum atomic E-state index is 0.456. The molecule has 2 rings (SSSR count). The zero-order valence-electron chi connectivity index (χ0n) is 13.0. The van der Waals surface area contributed by atoms with Crippen molar-refractivity contribution < 1.29 is 4.74 Å². The third-order valence-corrected chi connectivity index (χ3v) is 5.09. The Bertz CT molecular complexity index is 259. The van der Waals surface area contributed by atoms with E-state index in [-0.39, 0.29) is 0 Å². The van der Waals surface area contributed by atoms with E-state index in [1.54, 1.807) is 0 Å². The zero-order chi connectivity index (χ0) is 13.7. The Morgan fingerprint density at radius 2 is 2.11 bits per heavy atom. The molecule has 19 heavy (non-hydrogen) atoms. The zero-order valence-corrected chi connectivity index (χ0v) is 13.0. The lowest BCUT2D eigenvalue weighted by molar-refractivity contribution is -0.0578. The van der Waals surface area contributed by atoms with Crippen molar-refractivity contribution in [3.63, 3.8) is 0 Å². The van der Waals surface area contributed by atoms with Gasteiger partial charge >= 0.3 is 0 Å². The smallest absolute Gasteiger partial charge is 0.0700 e. The molecule has 1 aliphatic carbocycles. The van der Waals surface area contributed by atoms with E-state index in [0.29, 0.717) is 12.1 Å². The number of ether oxygens (including phenoxy) is 1. The Balaban J connectivity index is 1.96. The van der Waals surface area contributed by atoms with Crippen LogP contribution in [-0.4, -0.2) is 49.8 Å². The molecule has 0 aromatic heterocycles. The second-order valence-electron chi connectivity index (χ2n) is 6.33. The summed E-state index contributed by atoms with van der Waals surface area (Å²) in [7, 11) is 2.13. The number of hydrogen-bond acceptors (Lipinski definition) is 3. The molecule has 1 saturated heterocycles. The standard InChI is InChI=1S/C16H32N2O/c1-4-6-13-7-8-15(17-3)16(11-13)18-9-10-19-14(5-2)12-18/h13-17H,4-12H2,1-3H3. The summed E-state index contributed by atoms with van der Waals surface area (Å²) in [5.74, 6) is 0.947. The Labute approximate surface area is 119 Å². The van der Waals surface area contributed by atoms with E-state index in [9.17, 15) is 0 Å². The molecule has 0 aromatic carbocycles. The monoisotopic (exact) mass is 268 g/mol. The van der Waals surface area contributed by atoms with Crippen molar-refractivity contribution in [1.82, 2.24) is 10.2 Å². The van der Waals surface area contributed by atoms with E-state index in [1.165, 1.54) is 32.1 Å². The SMILES string of the molecule is CCCC1CCC(NC)C(N2CCOC(CC)C2)C1. The molecule has 0 radical (unpaired) electrons. The topological polar surface area (TPSA) is 24.5 Å². The van der Waals surface area contributed by atoms with Gasteiger partial charge in [0.25, 0.3) is 0 Å². The molecule has 0 aromatic rings. The predicted molar refractivity (Wildman–Crippen MR) is 80.5 cm³/mol. The molecule has 1 aliphatic heterocycles. The van der Waals surface area contributed by atoms with Crippen LogP contribution in [0.4, 0.5) is 0 Å². The molecule has 3 heteroatoms. The van der Waals surface area contributed by atoms with Crippen molar-refractivity contribution in [2.45, 2.75) is 70.6 Å². The molecule has 2 fully saturated rings. The average Bonchev–Trinajstić information content (AvgIpc) is 2.47. The maximum Gasteiger partial charge on any atom is 0.0700 e. The third kappa shape index (κ3) is 3.93. The van der Waals surface area contributed by atoms with E-state index in [2.05, 4.69) is 31.1 Å². The summed E-state index contributed by atoms with van der Waals surface area (Å²) >= 11 is 0. The van der Waals surface area contributed by atoms with Gasteiger partial charge in [0.05, 0.1) is 12.7 Å². The largest absolute Gasteiger partial charge is 0.376 e. The molecule has 1 saturated carbocycles. The van der Waals surface area contributed by atoms with Crippen LogP contribution in [-0.2, 0) is 4.74 Å². The minimum Gasteiger partial charge on any atom is -0.376 e. The Hall–Kier alpha value is -0.120.